The summed E-state index contributed by atoms with van der Waals surface area (Å²) in [6.07, 6.45) is 4.14. The van der Waals surface area contributed by atoms with Crippen molar-refractivity contribution in [2.75, 3.05) is 0 Å². The van der Waals surface area contributed by atoms with Gasteiger partial charge in [0.1, 0.15) is 11.8 Å². The average molecular weight is 470 g/mol. The molecule has 36 heavy (non-hydrogen) atoms. The van der Waals surface area contributed by atoms with E-state index in [1.54, 1.807) is 0 Å². The van der Waals surface area contributed by atoms with Gasteiger partial charge in [0.2, 0.25) is 0 Å². The molecule has 176 valence electrons. The van der Waals surface area contributed by atoms with Crippen molar-refractivity contribution in [2.24, 2.45) is 0 Å². The number of aromatic nitrogens is 3. The van der Waals surface area contributed by atoms with E-state index in [4.69, 9.17) is 9.51 Å². The second-order valence-electron chi connectivity index (χ2n) is 9.31. The van der Waals surface area contributed by atoms with Crippen LogP contribution in [0.2, 0.25) is 0 Å². The predicted molar refractivity (Wildman–Crippen MR) is 145 cm³/mol. The maximum atomic E-state index is 5.50. The van der Waals surface area contributed by atoms with Gasteiger partial charge in [0.05, 0.1) is 16.9 Å². The Balaban J connectivity index is 1.66. The lowest BCUT2D eigenvalue weighted by atomic mass is 9.99. The maximum Gasteiger partial charge on any atom is 0.141 e. The summed E-state index contributed by atoms with van der Waals surface area (Å²) in [4.78, 5) is 4.79. The number of hydrogen-bond donors (Lipinski definition) is 0. The molecule has 0 radical (unpaired) electrons. The minimum atomic E-state index is -0.0750. The molecular weight excluding hydrogens is 442 g/mol. The summed E-state index contributed by atoms with van der Waals surface area (Å²) in [5.41, 5.74) is 10.0. The predicted octanol–water partition coefficient (Wildman–Crippen LogP) is 7.92. The van der Waals surface area contributed by atoms with Gasteiger partial charge in [0.15, 0.2) is 0 Å². The molecule has 0 N–H and O–H groups in total. The van der Waals surface area contributed by atoms with Crippen LogP contribution in [0.1, 0.15) is 34.3 Å². The number of pyridine rings is 1. The Morgan fingerprint density at radius 3 is 2.22 bits per heavy atom. The lowest BCUT2D eigenvalue weighted by molar-refractivity contribution is 0.393. The second-order valence-corrected chi connectivity index (χ2v) is 9.31. The van der Waals surface area contributed by atoms with E-state index in [2.05, 4.69) is 108 Å². The fourth-order valence-electron chi connectivity index (χ4n) is 5.13. The Morgan fingerprint density at radius 1 is 0.778 bits per heavy atom. The van der Waals surface area contributed by atoms with E-state index in [9.17, 15) is 0 Å². The van der Waals surface area contributed by atoms with Crippen molar-refractivity contribution in [1.29, 1.82) is 0 Å². The Morgan fingerprint density at radius 2 is 1.53 bits per heavy atom. The van der Waals surface area contributed by atoms with E-state index in [0.717, 1.165) is 33.8 Å². The highest BCUT2D eigenvalue weighted by Gasteiger charge is 2.23. The number of hydrogen-bond acceptors (Lipinski definition) is 3. The van der Waals surface area contributed by atoms with Gasteiger partial charge in [0, 0.05) is 28.9 Å². The minimum absolute atomic E-state index is 0.0750. The van der Waals surface area contributed by atoms with Gasteiger partial charge in [0.25, 0.3) is 0 Å². The van der Waals surface area contributed by atoms with Crippen LogP contribution < -0.4 is 0 Å². The molecule has 0 aliphatic carbocycles. The summed E-state index contributed by atoms with van der Waals surface area (Å²) in [6, 6.07) is 32.0. The van der Waals surface area contributed by atoms with Gasteiger partial charge in [-0.2, -0.15) is 0 Å². The van der Waals surface area contributed by atoms with Crippen LogP contribution in [0.3, 0.4) is 0 Å². The normalized spacial score (nSPS) is 12.2. The average Bonchev–Trinajstić information content (AvgIpc) is 3.45. The Kier molecular flexibility index (Phi) is 5.49. The molecule has 4 heteroatoms. The van der Waals surface area contributed by atoms with Gasteiger partial charge in [-0.3, -0.25) is 4.98 Å². The van der Waals surface area contributed by atoms with Crippen molar-refractivity contribution >= 4 is 10.9 Å². The monoisotopic (exact) mass is 469 g/mol. The topological polar surface area (TPSA) is 43.9 Å². The van der Waals surface area contributed by atoms with Crippen molar-refractivity contribution < 1.29 is 4.52 Å². The molecule has 0 aliphatic rings. The molecule has 0 spiro atoms. The number of nitrogens with zero attached hydrogens (tertiary/aromatic N) is 3. The van der Waals surface area contributed by atoms with Crippen LogP contribution in [0.4, 0.5) is 0 Å². The third-order valence-electron chi connectivity index (χ3n) is 6.88. The zero-order valence-electron chi connectivity index (χ0n) is 20.6. The van der Waals surface area contributed by atoms with Crippen LogP contribution in [0, 0.1) is 20.8 Å². The van der Waals surface area contributed by atoms with Crippen molar-refractivity contribution in [3.05, 3.63) is 132 Å². The molecule has 6 aromatic rings. The van der Waals surface area contributed by atoms with Crippen LogP contribution in [-0.2, 0) is 0 Å². The van der Waals surface area contributed by atoms with E-state index in [0.29, 0.717) is 0 Å². The van der Waals surface area contributed by atoms with Gasteiger partial charge >= 0.3 is 0 Å². The summed E-state index contributed by atoms with van der Waals surface area (Å²) in [5, 5.41) is 5.39. The summed E-state index contributed by atoms with van der Waals surface area (Å²) in [6.45, 7) is 6.08. The van der Waals surface area contributed by atoms with Crippen LogP contribution in [-0.4, -0.2) is 14.7 Å². The molecule has 0 bridgehead atoms. The van der Waals surface area contributed by atoms with Crippen LogP contribution in [0.25, 0.3) is 33.2 Å². The lowest BCUT2D eigenvalue weighted by Gasteiger charge is -2.21. The first-order valence-electron chi connectivity index (χ1n) is 12.2. The fraction of sp³-hybridized carbons (Fsp3) is 0.125. The summed E-state index contributed by atoms with van der Waals surface area (Å²) in [7, 11) is 0. The van der Waals surface area contributed by atoms with Gasteiger partial charge in [-0.15, -0.1) is 0 Å². The summed E-state index contributed by atoms with van der Waals surface area (Å²) >= 11 is 0. The number of fused-ring (bicyclic) bond motifs is 1. The SMILES string of the molecule is Cc1ccc(-c2cn([C@@H](c3ccccc3)c3ccccn3)c3cc(-c4c(C)noc4C)ccc23)cc1. The third kappa shape index (κ3) is 3.81. The molecule has 0 fully saturated rings. The van der Waals surface area contributed by atoms with Gasteiger partial charge in [-0.05, 0) is 55.7 Å². The minimum Gasteiger partial charge on any atom is -0.361 e. The van der Waals surface area contributed by atoms with Gasteiger partial charge < -0.3 is 9.09 Å². The molecule has 0 saturated carbocycles. The van der Waals surface area contributed by atoms with Crippen molar-refractivity contribution in [3.63, 3.8) is 0 Å². The van der Waals surface area contributed by atoms with Gasteiger partial charge in [-0.25, -0.2) is 0 Å². The van der Waals surface area contributed by atoms with Crippen molar-refractivity contribution in [2.45, 2.75) is 26.8 Å². The molecule has 0 amide bonds. The number of rotatable bonds is 5. The fourth-order valence-corrected chi connectivity index (χ4v) is 5.13. The Bertz CT molecular complexity index is 1590. The Labute approximate surface area is 210 Å². The summed E-state index contributed by atoms with van der Waals surface area (Å²) < 4.78 is 7.86. The largest absolute Gasteiger partial charge is 0.361 e. The summed E-state index contributed by atoms with van der Waals surface area (Å²) in [5.74, 6) is 0.827. The third-order valence-corrected chi connectivity index (χ3v) is 6.88. The second kappa shape index (κ2) is 8.97. The highest BCUT2D eigenvalue weighted by Crippen LogP contribution is 2.39. The molecule has 0 unspecified atom stereocenters. The molecule has 3 aromatic carbocycles. The molecule has 0 aliphatic heterocycles. The Hall–Kier alpha value is -4.44. The smallest absolute Gasteiger partial charge is 0.141 e. The molecule has 1 atom stereocenters. The molecular formula is C32H27N3O. The van der Waals surface area contributed by atoms with E-state index < -0.39 is 0 Å². The first kappa shape index (κ1) is 22.1. The van der Waals surface area contributed by atoms with E-state index in [-0.39, 0.29) is 6.04 Å². The lowest BCUT2D eigenvalue weighted by Crippen LogP contribution is -2.12. The standard InChI is InChI=1S/C32H27N3O/c1-21-12-14-24(15-13-21)28-20-35(32(25-9-5-4-6-10-25)29-11-7-8-18-33-29)30-19-26(16-17-27(28)30)31-22(2)34-36-23(31)3/h4-20,32H,1-3H3/t32-/m0/s1. The van der Waals surface area contributed by atoms with Crippen LogP contribution >= 0.6 is 0 Å². The zero-order chi connectivity index (χ0) is 24.6. The van der Waals surface area contributed by atoms with Crippen LogP contribution in [0.15, 0.2) is 108 Å². The highest BCUT2D eigenvalue weighted by atomic mass is 16.5. The first-order valence-corrected chi connectivity index (χ1v) is 12.2. The maximum absolute atomic E-state index is 5.50. The van der Waals surface area contributed by atoms with Gasteiger partial charge in [-0.1, -0.05) is 83.5 Å². The molecule has 6 rings (SSSR count). The van der Waals surface area contributed by atoms with E-state index in [1.807, 2.05) is 26.1 Å². The number of benzene rings is 3. The van der Waals surface area contributed by atoms with E-state index >= 15 is 0 Å². The van der Waals surface area contributed by atoms with E-state index in [1.165, 1.54) is 27.6 Å². The van der Waals surface area contributed by atoms with Crippen LogP contribution in [0.5, 0.6) is 0 Å². The van der Waals surface area contributed by atoms with Crippen molar-refractivity contribution in [1.82, 2.24) is 14.7 Å². The number of aryl methyl sites for hydroxylation is 3. The van der Waals surface area contributed by atoms with Crippen molar-refractivity contribution in [3.8, 4) is 22.3 Å². The quantitative estimate of drug-likeness (QED) is 0.258. The zero-order valence-corrected chi connectivity index (χ0v) is 20.6. The molecule has 4 nitrogen and oxygen atoms in total. The first-order chi connectivity index (χ1) is 17.6. The highest BCUT2D eigenvalue weighted by molar-refractivity contribution is 5.98. The molecule has 3 heterocycles. The molecule has 3 aromatic heterocycles. The molecule has 0 saturated heterocycles.